The van der Waals surface area contributed by atoms with E-state index in [0.717, 1.165) is 58.0 Å². The molecule has 1 aromatic rings. The molecule has 0 bridgehead atoms. The van der Waals surface area contributed by atoms with Crippen LogP contribution in [0.1, 0.15) is 53.4 Å². The largest absolute Gasteiger partial charge is 0.377 e. The molecule has 0 radical (unpaired) electrons. The van der Waals surface area contributed by atoms with Crippen LogP contribution >= 0.6 is 11.3 Å². The van der Waals surface area contributed by atoms with E-state index in [1.165, 1.54) is 11.4 Å². The van der Waals surface area contributed by atoms with E-state index in [2.05, 4.69) is 60.7 Å². The highest BCUT2D eigenvalue weighted by molar-refractivity contribution is 7.14. The minimum absolute atomic E-state index is 0.168. The van der Waals surface area contributed by atoms with Crippen LogP contribution in [-0.2, 0) is 4.74 Å². The maximum absolute atomic E-state index is 6.13. The lowest BCUT2D eigenvalue weighted by Crippen LogP contribution is -2.49. The third kappa shape index (κ3) is 5.86. The molecule has 2 N–H and O–H groups in total. The van der Waals surface area contributed by atoms with Crippen LogP contribution in [0.25, 0.3) is 0 Å². The lowest BCUT2D eigenvalue weighted by atomic mass is 9.78. The molecule has 3 rings (SSSR count). The van der Waals surface area contributed by atoms with E-state index in [0.29, 0.717) is 18.1 Å². The second kappa shape index (κ2) is 9.97. The van der Waals surface area contributed by atoms with Gasteiger partial charge >= 0.3 is 0 Å². The Balaban J connectivity index is 1.54. The highest BCUT2D eigenvalue weighted by Crippen LogP contribution is 2.34. The molecule has 28 heavy (non-hydrogen) atoms. The van der Waals surface area contributed by atoms with Gasteiger partial charge in [0.15, 0.2) is 5.96 Å². The van der Waals surface area contributed by atoms with Gasteiger partial charge in [0.1, 0.15) is 0 Å². The summed E-state index contributed by atoms with van der Waals surface area (Å²) in [4.78, 5) is 7.47. The molecule has 2 aliphatic rings. The molecule has 1 aromatic heterocycles. The van der Waals surface area contributed by atoms with Crippen molar-refractivity contribution in [3.8, 4) is 0 Å². The lowest BCUT2D eigenvalue weighted by Gasteiger charge is -2.39. The van der Waals surface area contributed by atoms with Gasteiger partial charge in [-0.25, -0.2) is 0 Å². The average Bonchev–Trinajstić information content (AvgIpc) is 3.21. The number of aliphatic imine (C=N–C) groups is 1. The van der Waals surface area contributed by atoms with E-state index in [1.54, 1.807) is 0 Å². The summed E-state index contributed by atoms with van der Waals surface area (Å²) < 4.78 is 6.13. The molecule has 2 atom stereocenters. The Labute approximate surface area is 174 Å². The Hall–Kier alpha value is -1.27. The molecular weight excluding hydrogens is 368 g/mol. The van der Waals surface area contributed by atoms with Gasteiger partial charge in [-0.2, -0.15) is 0 Å². The molecule has 2 fully saturated rings. The smallest absolute Gasteiger partial charge is 0.191 e. The zero-order valence-corrected chi connectivity index (χ0v) is 18.9. The first-order valence-corrected chi connectivity index (χ1v) is 11.8. The summed E-state index contributed by atoms with van der Waals surface area (Å²) in [7, 11) is 0. The number of anilines is 1. The molecule has 2 unspecified atom stereocenters. The fourth-order valence-electron chi connectivity index (χ4n) is 4.40. The van der Waals surface area contributed by atoms with Gasteiger partial charge in [-0.15, -0.1) is 11.3 Å². The summed E-state index contributed by atoms with van der Waals surface area (Å²) in [6.07, 6.45) is 4.96. The SMILES string of the molecule is CCNC(=NCC1CCCOC1C(C)(C)C)NC1CCN(c2cccs2)CC1. The van der Waals surface area contributed by atoms with Crippen molar-refractivity contribution in [2.24, 2.45) is 16.3 Å². The van der Waals surface area contributed by atoms with Crippen LogP contribution in [0.4, 0.5) is 5.00 Å². The fraction of sp³-hybridized carbons (Fsp3) is 0.773. The topological polar surface area (TPSA) is 48.9 Å². The van der Waals surface area contributed by atoms with E-state index in [4.69, 9.17) is 9.73 Å². The monoisotopic (exact) mass is 406 g/mol. The number of rotatable bonds is 5. The van der Waals surface area contributed by atoms with Crippen LogP contribution in [0.5, 0.6) is 0 Å². The van der Waals surface area contributed by atoms with Gasteiger partial charge in [-0.1, -0.05) is 20.8 Å². The molecule has 2 aliphatic heterocycles. The van der Waals surface area contributed by atoms with E-state index in [9.17, 15) is 0 Å². The van der Waals surface area contributed by atoms with Crippen molar-refractivity contribution >= 4 is 22.3 Å². The quantitative estimate of drug-likeness (QED) is 0.571. The number of piperidine rings is 1. The highest BCUT2D eigenvalue weighted by atomic mass is 32.1. The van der Waals surface area contributed by atoms with Gasteiger partial charge in [-0.3, -0.25) is 4.99 Å². The number of thiophene rings is 1. The molecule has 3 heterocycles. The third-order valence-corrected chi connectivity index (χ3v) is 6.71. The molecule has 2 saturated heterocycles. The predicted molar refractivity (Wildman–Crippen MR) is 121 cm³/mol. The summed E-state index contributed by atoms with van der Waals surface area (Å²) in [5.41, 5.74) is 0.168. The normalized spacial score (nSPS) is 25.0. The maximum Gasteiger partial charge on any atom is 0.191 e. The van der Waals surface area contributed by atoms with E-state index < -0.39 is 0 Å². The van der Waals surface area contributed by atoms with Gasteiger partial charge in [0.05, 0.1) is 11.1 Å². The Morgan fingerprint density at radius 2 is 2.07 bits per heavy atom. The molecule has 0 amide bonds. The van der Waals surface area contributed by atoms with E-state index >= 15 is 0 Å². The first-order chi connectivity index (χ1) is 13.5. The minimum atomic E-state index is 0.168. The number of nitrogens with one attached hydrogen (secondary N) is 2. The predicted octanol–water partition coefficient (Wildman–Crippen LogP) is 4.11. The second-order valence-corrected chi connectivity index (χ2v) is 10.1. The van der Waals surface area contributed by atoms with Crippen molar-refractivity contribution in [3.63, 3.8) is 0 Å². The third-order valence-electron chi connectivity index (χ3n) is 5.78. The number of ether oxygens (including phenoxy) is 1. The molecule has 0 saturated carbocycles. The van der Waals surface area contributed by atoms with Crippen molar-refractivity contribution in [2.45, 2.75) is 65.5 Å². The van der Waals surface area contributed by atoms with Gasteiger partial charge in [0, 0.05) is 44.7 Å². The van der Waals surface area contributed by atoms with Gasteiger partial charge in [0.2, 0.25) is 0 Å². The Morgan fingerprint density at radius 3 is 2.71 bits per heavy atom. The number of hydrogen-bond acceptors (Lipinski definition) is 4. The standard InChI is InChI=1S/C22H38N4OS/c1-5-23-21(24-16-17-8-6-14-27-20(17)22(2,3)4)25-18-10-12-26(13-11-18)19-9-7-15-28-19/h7,9,15,17-18,20H,5-6,8,10-14,16H2,1-4H3,(H2,23,24,25). The number of nitrogens with zero attached hydrogens (tertiary/aromatic N) is 2. The second-order valence-electron chi connectivity index (χ2n) is 9.14. The van der Waals surface area contributed by atoms with Crippen molar-refractivity contribution in [3.05, 3.63) is 17.5 Å². The molecule has 0 aliphatic carbocycles. The first-order valence-electron chi connectivity index (χ1n) is 10.9. The molecule has 6 heteroatoms. The summed E-state index contributed by atoms with van der Waals surface area (Å²) >= 11 is 1.84. The van der Waals surface area contributed by atoms with Crippen molar-refractivity contribution in [2.75, 3.05) is 37.7 Å². The number of hydrogen-bond donors (Lipinski definition) is 2. The summed E-state index contributed by atoms with van der Waals surface area (Å²) in [5, 5.41) is 10.7. The summed E-state index contributed by atoms with van der Waals surface area (Å²) in [6, 6.07) is 4.86. The average molecular weight is 407 g/mol. The maximum atomic E-state index is 6.13. The van der Waals surface area contributed by atoms with Crippen LogP contribution in [0.15, 0.2) is 22.5 Å². The van der Waals surface area contributed by atoms with Crippen LogP contribution in [0, 0.1) is 11.3 Å². The van der Waals surface area contributed by atoms with Crippen LogP contribution in [-0.4, -0.2) is 50.9 Å². The van der Waals surface area contributed by atoms with Gasteiger partial charge in [0.25, 0.3) is 0 Å². The molecule has 0 spiro atoms. The van der Waals surface area contributed by atoms with Gasteiger partial charge < -0.3 is 20.3 Å². The van der Waals surface area contributed by atoms with Crippen LogP contribution in [0.2, 0.25) is 0 Å². The van der Waals surface area contributed by atoms with Crippen molar-refractivity contribution in [1.29, 1.82) is 0 Å². The van der Waals surface area contributed by atoms with Crippen molar-refractivity contribution < 1.29 is 4.74 Å². The lowest BCUT2D eigenvalue weighted by molar-refractivity contribution is -0.0823. The van der Waals surface area contributed by atoms with E-state index in [1.807, 2.05) is 11.3 Å². The van der Waals surface area contributed by atoms with Crippen LogP contribution in [0.3, 0.4) is 0 Å². The van der Waals surface area contributed by atoms with Gasteiger partial charge in [-0.05, 0) is 55.5 Å². The minimum Gasteiger partial charge on any atom is -0.377 e. The molecular formula is C22H38N4OS. The Bertz CT molecular complexity index is 603. The Kier molecular flexibility index (Phi) is 7.63. The van der Waals surface area contributed by atoms with E-state index in [-0.39, 0.29) is 5.41 Å². The Morgan fingerprint density at radius 1 is 1.29 bits per heavy atom. The summed E-state index contributed by atoms with van der Waals surface area (Å²) in [5.74, 6) is 1.47. The zero-order chi connectivity index (χ0) is 20.0. The fourth-order valence-corrected chi connectivity index (χ4v) is 5.19. The van der Waals surface area contributed by atoms with Crippen molar-refractivity contribution in [1.82, 2.24) is 10.6 Å². The number of guanidine groups is 1. The molecule has 158 valence electrons. The molecule has 0 aromatic carbocycles. The van der Waals surface area contributed by atoms with Crippen LogP contribution < -0.4 is 15.5 Å². The first kappa shape index (κ1) is 21.4. The zero-order valence-electron chi connectivity index (χ0n) is 18.0. The molecule has 5 nitrogen and oxygen atoms in total. The highest BCUT2D eigenvalue weighted by Gasteiger charge is 2.35. The summed E-state index contributed by atoms with van der Waals surface area (Å²) in [6.45, 7) is 13.8.